The second-order valence-electron chi connectivity index (χ2n) is 3.46. The van der Waals surface area contributed by atoms with E-state index in [1.807, 2.05) is 6.92 Å². The van der Waals surface area contributed by atoms with Gasteiger partial charge in [0.05, 0.1) is 0 Å². The first kappa shape index (κ1) is 8.20. The van der Waals surface area contributed by atoms with Crippen molar-refractivity contribution in [2.75, 3.05) is 6.54 Å². The normalized spacial score (nSPS) is 16.8. The summed E-state index contributed by atoms with van der Waals surface area (Å²) in [4.78, 5) is 4.38. The molecule has 1 aliphatic carbocycles. The van der Waals surface area contributed by atoms with Crippen LogP contribution in [0.3, 0.4) is 0 Å². The van der Waals surface area contributed by atoms with Gasteiger partial charge in [-0.15, -0.1) is 11.3 Å². The Morgan fingerprint density at radius 1 is 1.67 bits per heavy atom. The highest BCUT2D eigenvalue weighted by atomic mass is 32.1. The molecule has 0 radical (unpaired) electrons. The van der Waals surface area contributed by atoms with Crippen LogP contribution in [-0.4, -0.2) is 11.5 Å². The van der Waals surface area contributed by atoms with Crippen molar-refractivity contribution < 1.29 is 0 Å². The zero-order valence-electron chi connectivity index (χ0n) is 7.34. The predicted octanol–water partition coefficient (Wildman–Crippen LogP) is 1.95. The van der Waals surface area contributed by atoms with E-state index in [1.54, 1.807) is 11.3 Å². The van der Waals surface area contributed by atoms with E-state index in [9.17, 15) is 0 Å². The van der Waals surface area contributed by atoms with Gasteiger partial charge in [0.15, 0.2) is 0 Å². The fourth-order valence-corrected chi connectivity index (χ4v) is 1.93. The number of nitrogens with zero attached hydrogens (tertiary/aromatic N) is 1. The van der Waals surface area contributed by atoms with Crippen LogP contribution in [0.5, 0.6) is 0 Å². The van der Waals surface area contributed by atoms with E-state index in [2.05, 4.69) is 15.7 Å². The third-order valence-corrected chi connectivity index (χ3v) is 3.04. The van der Waals surface area contributed by atoms with Gasteiger partial charge < -0.3 is 5.32 Å². The number of aromatic nitrogens is 1. The molecule has 0 spiro atoms. The minimum atomic E-state index is 0.953. The fraction of sp³-hybridized carbons (Fsp3) is 0.667. The van der Waals surface area contributed by atoms with Crippen molar-refractivity contribution >= 4 is 11.3 Å². The molecule has 0 unspecified atom stereocenters. The van der Waals surface area contributed by atoms with Crippen molar-refractivity contribution in [3.05, 3.63) is 16.1 Å². The summed E-state index contributed by atoms with van der Waals surface area (Å²) in [7, 11) is 0. The van der Waals surface area contributed by atoms with Crippen LogP contribution >= 0.6 is 11.3 Å². The van der Waals surface area contributed by atoms with Crippen LogP contribution in [0.25, 0.3) is 0 Å². The van der Waals surface area contributed by atoms with Crippen LogP contribution in [0.2, 0.25) is 0 Å². The van der Waals surface area contributed by atoms with Gasteiger partial charge in [-0.1, -0.05) is 0 Å². The molecule has 1 heterocycles. The number of rotatable bonds is 4. The van der Waals surface area contributed by atoms with Gasteiger partial charge in [0, 0.05) is 17.6 Å². The summed E-state index contributed by atoms with van der Waals surface area (Å²) in [5, 5.41) is 6.75. The number of aryl methyl sites for hydroxylation is 1. The summed E-state index contributed by atoms with van der Waals surface area (Å²) in [6.07, 6.45) is 2.84. The lowest BCUT2D eigenvalue weighted by molar-refractivity contribution is 0.636. The largest absolute Gasteiger partial charge is 0.310 e. The zero-order valence-corrected chi connectivity index (χ0v) is 8.16. The first-order chi connectivity index (χ1) is 5.84. The summed E-state index contributed by atoms with van der Waals surface area (Å²) < 4.78 is 0. The Morgan fingerprint density at radius 2 is 2.50 bits per heavy atom. The second kappa shape index (κ2) is 3.54. The lowest BCUT2D eigenvalue weighted by Gasteiger charge is -1.98. The maximum atomic E-state index is 4.38. The Bertz CT molecular complexity index is 253. The molecule has 0 saturated heterocycles. The van der Waals surface area contributed by atoms with E-state index >= 15 is 0 Å². The van der Waals surface area contributed by atoms with Crippen molar-refractivity contribution in [2.45, 2.75) is 26.3 Å². The van der Waals surface area contributed by atoms with Gasteiger partial charge in [0.1, 0.15) is 5.01 Å². The van der Waals surface area contributed by atoms with Gasteiger partial charge >= 0.3 is 0 Å². The average molecular weight is 182 g/mol. The Kier molecular flexibility index (Phi) is 2.42. The molecule has 0 aromatic carbocycles. The Morgan fingerprint density at radius 3 is 3.08 bits per heavy atom. The third-order valence-electron chi connectivity index (χ3n) is 2.07. The smallest absolute Gasteiger partial charge is 0.107 e. The molecule has 0 aliphatic heterocycles. The highest BCUT2D eigenvalue weighted by molar-refractivity contribution is 7.09. The summed E-state index contributed by atoms with van der Waals surface area (Å²) in [5.41, 5.74) is 1.14. The highest BCUT2D eigenvalue weighted by Gasteiger charge is 2.20. The van der Waals surface area contributed by atoms with Crippen LogP contribution in [-0.2, 0) is 6.54 Å². The standard InChI is InChI=1S/C9H14N2S/c1-7-6-12-9(11-7)5-10-4-8-2-3-8/h6,8,10H,2-5H2,1H3. The van der Waals surface area contributed by atoms with Gasteiger partial charge in [-0.3, -0.25) is 0 Å². The zero-order chi connectivity index (χ0) is 8.39. The van der Waals surface area contributed by atoms with Gasteiger partial charge in [-0.05, 0) is 32.2 Å². The van der Waals surface area contributed by atoms with Crippen molar-refractivity contribution in [3.8, 4) is 0 Å². The minimum absolute atomic E-state index is 0.953. The molecular formula is C9H14N2S. The molecule has 2 rings (SSSR count). The van der Waals surface area contributed by atoms with Crippen molar-refractivity contribution in [1.29, 1.82) is 0 Å². The maximum Gasteiger partial charge on any atom is 0.107 e. The summed E-state index contributed by atoms with van der Waals surface area (Å²) in [6.45, 7) is 4.18. The number of nitrogens with one attached hydrogen (secondary N) is 1. The van der Waals surface area contributed by atoms with E-state index in [-0.39, 0.29) is 0 Å². The molecule has 12 heavy (non-hydrogen) atoms. The van der Waals surface area contributed by atoms with Crippen molar-refractivity contribution in [1.82, 2.24) is 10.3 Å². The van der Waals surface area contributed by atoms with Crippen LogP contribution < -0.4 is 5.32 Å². The highest BCUT2D eigenvalue weighted by Crippen LogP contribution is 2.27. The van der Waals surface area contributed by atoms with Crippen molar-refractivity contribution in [3.63, 3.8) is 0 Å². The predicted molar refractivity (Wildman–Crippen MR) is 51.3 cm³/mol. The summed E-state index contributed by atoms with van der Waals surface area (Å²) >= 11 is 1.75. The molecule has 1 saturated carbocycles. The number of hydrogen-bond donors (Lipinski definition) is 1. The van der Waals surface area contributed by atoms with E-state index in [1.165, 1.54) is 24.4 Å². The Labute approximate surface area is 77.0 Å². The van der Waals surface area contributed by atoms with E-state index in [0.29, 0.717) is 0 Å². The molecule has 0 bridgehead atoms. The lowest BCUT2D eigenvalue weighted by Crippen LogP contribution is -2.15. The SMILES string of the molecule is Cc1csc(CNCC2CC2)n1. The Balaban J connectivity index is 1.71. The molecule has 1 aromatic rings. The monoisotopic (exact) mass is 182 g/mol. The maximum absolute atomic E-state index is 4.38. The second-order valence-corrected chi connectivity index (χ2v) is 4.40. The van der Waals surface area contributed by atoms with Gasteiger partial charge in [-0.25, -0.2) is 4.98 Å². The minimum Gasteiger partial charge on any atom is -0.310 e. The average Bonchev–Trinajstić information content (AvgIpc) is 2.76. The van der Waals surface area contributed by atoms with Gasteiger partial charge in [0.25, 0.3) is 0 Å². The molecular weight excluding hydrogens is 168 g/mol. The van der Waals surface area contributed by atoms with Crippen LogP contribution in [0.15, 0.2) is 5.38 Å². The quantitative estimate of drug-likeness (QED) is 0.770. The molecule has 1 fully saturated rings. The number of hydrogen-bond acceptors (Lipinski definition) is 3. The number of thiazole rings is 1. The van der Waals surface area contributed by atoms with Gasteiger partial charge in [0.2, 0.25) is 0 Å². The fourth-order valence-electron chi connectivity index (χ4n) is 1.19. The summed E-state index contributed by atoms with van der Waals surface area (Å²) in [5.74, 6) is 0.964. The van der Waals surface area contributed by atoms with E-state index in [0.717, 1.165) is 18.2 Å². The molecule has 1 aliphatic rings. The molecule has 3 heteroatoms. The van der Waals surface area contributed by atoms with Crippen LogP contribution in [0.4, 0.5) is 0 Å². The third kappa shape index (κ3) is 2.29. The Hall–Kier alpha value is -0.410. The molecule has 0 atom stereocenters. The lowest BCUT2D eigenvalue weighted by atomic mass is 10.4. The molecule has 0 amide bonds. The van der Waals surface area contributed by atoms with E-state index < -0.39 is 0 Å². The summed E-state index contributed by atoms with van der Waals surface area (Å²) in [6, 6.07) is 0. The topological polar surface area (TPSA) is 24.9 Å². The van der Waals surface area contributed by atoms with Gasteiger partial charge in [-0.2, -0.15) is 0 Å². The van der Waals surface area contributed by atoms with Crippen LogP contribution in [0, 0.1) is 12.8 Å². The van der Waals surface area contributed by atoms with E-state index in [4.69, 9.17) is 0 Å². The first-order valence-corrected chi connectivity index (χ1v) is 5.34. The molecule has 66 valence electrons. The molecule has 2 nitrogen and oxygen atoms in total. The molecule has 1 N–H and O–H groups in total. The molecule has 1 aromatic heterocycles. The van der Waals surface area contributed by atoms with Crippen LogP contribution in [0.1, 0.15) is 23.5 Å². The van der Waals surface area contributed by atoms with Crippen molar-refractivity contribution in [2.24, 2.45) is 5.92 Å². The first-order valence-electron chi connectivity index (χ1n) is 4.46.